The second kappa shape index (κ2) is 4.14. The van der Waals surface area contributed by atoms with Crippen LogP contribution in [-0.4, -0.2) is 24.4 Å². The summed E-state index contributed by atoms with van der Waals surface area (Å²) < 4.78 is 4.76. The molecule has 0 radical (unpaired) electrons. The molecule has 2 amide bonds. The first kappa shape index (κ1) is 10.4. The maximum absolute atomic E-state index is 11.2. The highest BCUT2D eigenvalue weighted by Gasteiger charge is 2.31. The highest BCUT2D eigenvalue weighted by atomic mass is 16.6. The van der Waals surface area contributed by atoms with Gasteiger partial charge >= 0.3 is 6.09 Å². The Morgan fingerprint density at radius 3 is 2.44 bits per heavy atom. The highest BCUT2D eigenvalue weighted by Crippen LogP contribution is 2.11. The fourth-order valence-corrected chi connectivity index (χ4v) is 1.47. The van der Waals surface area contributed by atoms with Crippen LogP contribution < -0.4 is 5.32 Å². The molecule has 2 rings (SSSR count). The van der Waals surface area contributed by atoms with Crippen molar-refractivity contribution in [2.75, 3.05) is 0 Å². The van der Waals surface area contributed by atoms with Crippen LogP contribution >= 0.6 is 0 Å². The van der Waals surface area contributed by atoms with E-state index >= 15 is 0 Å². The molecule has 0 bridgehead atoms. The van der Waals surface area contributed by atoms with Crippen molar-refractivity contribution in [1.82, 2.24) is 5.32 Å². The molecule has 5 nitrogen and oxygen atoms in total. The molecule has 0 spiro atoms. The fraction of sp³-hybridized carbons (Fsp3) is 0.182. The standard InChI is InChI=1S/C11H9NO4/c13-6-8-3-1-7(2-4-8)5-9-10(14)12-11(15)16-9/h1-4,6,9H,5H2,(H,12,14,15). The predicted octanol–water partition coefficient (Wildman–Crippen LogP) is 0.677. The Hall–Kier alpha value is -2.17. The van der Waals surface area contributed by atoms with Gasteiger partial charge in [0.25, 0.3) is 5.91 Å². The minimum atomic E-state index is -0.769. The number of nitrogens with one attached hydrogen (secondary N) is 1. The van der Waals surface area contributed by atoms with E-state index in [-0.39, 0.29) is 0 Å². The molecule has 16 heavy (non-hydrogen) atoms. The fourth-order valence-electron chi connectivity index (χ4n) is 1.47. The molecule has 1 heterocycles. The van der Waals surface area contributed by atoms with Crippen molar-refractivity contribution in [3.63, 3.8) is 0 Å². The van der Waals surface area contributed by atoms with Gasteiger partial charge in [-0.05, 0) is 5.56 Å². The molecule has 1 unspecified atom stereocenters. The second-order valence-corrected chi connectivity index (χ2v) is 3.45. The summed E-state index contributed by atoms with van der Waals surface area (Å²) >= 11 is 0. The molecule has 5 heteroatoms. The largest absolute Gasteiger partial charge is 0.435 e. The molecule has 82 valence electrons. The van der Waals surface area contributed by atoms with Crippen LogP contribution in [0.1, 0.15) is 15.9 Å². The third kappa shape index (κ3) is 2.08. The number of aldehydes is 1. The van der Waals surface area contributed by atoms with Crippen LogP contribution in [0, 0.1) is 0 Å². The zero-order chi connectivity index (χ0) is 11.5. The Morgan fingerprint density at radius 2 is 1.94 bits per heavy atom. The number of carbonyl (C=O) groups is 3. The van der Waals surface area contributed by atoms with Crippen LogP contribution in [-0.2, 0) is 16.0 Å². The van der Waals surface area contributed by atoms with Crippen molar-refractivity contribution in [2.24, 2.45) is 0 Å². The summed E-state index contributed by atoms with van der Waals surface area (Å²) in [7, 11) is 0. The Morgan fingerprint density at radius 1 is 1.25 bits per heavy atom. The van der Waals surface area contributed by atoms with E-state index in [4.69, 9.17) is 4.74 Å². The number of amides is 2. The molecule has 1 aliphatic rings. The minimum Gasteiger partial charge on any atom is -0.435 e. The molecule has 1 atom stereocenters. The van der Waals surface area contributed by atoms with Gasteiger partial charge in [0, 0.05) is 12.0 Å². The van der Waals surface area contributed by atoms with Gasteiger partial charge in [-0.15, -0.1) is 0 Å². The van der Waals surface area contributed by atoms with Crippen LogP contribution in [0.4, 0.5) is 4.79 Å². The van der Waals surface area contributed by atoms with Gasteiger partial charge in [-0.2, -0.15) is 0 Å². The van der Waals surface area contributed by atoms with E-state index in [2.05, 4.69) is 5.32 Å². The van der Waals surface area contributed by atoms with E-state index in [9.17, 15) is 14.4 Å². The summed E-state index contributed by atoms with van der Waals surface area (Å²) in [5.74, 6) is -0.426. The number of ether oxygens (including phenoxy) is 1. The molecular formula is C11H9NO4. The van der Waals surface area contributed by atoms with Crippen molar-refractivity contribution < 1.29 is 19.1 Å². The maximum Gasteiger partial charge on any atom is 0.414 e. The molecule has 1 N–H and O–H groups in total. The number of carbonyl (C=O) groups excluding carboxylic acids is 3. The lowest BCUT2D eigenvalue weighted by atomic mass is 10.1. The minimum absolute atomic E-state index is 0.316. The number of cyclic esters (lactones) is 1. The third-order valence-corrected chi connectivity index (χ3v) is 2.30. The van der Waals surface area contributed by atoms with Gasteiger partial charge in [-0.3, -0.25) is 14.9 Å². The number of alkyl carbamates (subject to hydrolysis) is 1. The number of rotatable bonds is 3. The molecule has 1 aromatic rings. The Balaban J connectivity index is 2.06. The van der Waals surface area contributed by atoms with Crippen molar-refractivity contribution in [3.05, 3.63) is 35.4 Å². The Kier molecular flexibility index (Phi) is 2.68. The van der Waals surface area contributed by atoms with Crippen molar-refractivity contribution in [2.45, 2.75) is 12.5 Å². The summed E-state index contributed by atoms with van der Waals surface area (Å²) in [4.78, 5) is 32.4. The van der Waals surface area contributed by atoms with Crippen molar-refractivity contribution >= 4 is 18.3 Å². The Bertz CT molecular complexity index is 438. The molecular weight excluding hydrogens is 210 g/mol. The van der Waals surface area contributed by atoms with Crippen LogP contribution in [0.2, 0.25) is 0 Å². The lowest BCUT2D eigenvalue weighted by Gasteiger charge is -2.05. The average Bonchev–Trinajstić information content (AvgIpc) is 2.59. The Labute approximate surface area is 91.4 Å². The summed E-state index contributed by atoms with van der Waals surface area (Å²) in [6.07, 6.45) is -0.419. The van der Waals surface area contributed by atoms with Gasteiger partial charge in [-0.25, -0.2) is 4.79 Å². The highest BCUT2D eigenvalue weighted by molar-refractivity contribution is 6.00. The second-order valence-electron chi connectivity index (χ2n) is 3.45. The first-order valence-electron chi connectivity index (χ1n) is 4.74. The monoisotopic (exact) mass is 219 g/mol. The zero-order valence-electron chi connectivity index (χ0n) is 8.30. The van der Waals surface area contributed by atoms with E-state index in [0.717, 1.165) is 11.8 Å². The van der Waals surface area contributed by atoms with E-state index < -0.39 is 18.1 Å². The molecule has 1 fully saturated rings. The van der Waals surface area contributed by atoms with Crippen LogP contribution in [0.5, 0.6) is 0 Å². The SMILES string of the molecule is O=Cc1ccc(CC2OC(=O)NC2=O)cc1. The van der Waals surface area contributed by atoms with Crippen LogP contribution in [0.25, 0.3) is 0 Å². The average molecular weight is 219 g/mol. The summed E-state index contributed by atoms with van der Waals surface area (Å²) in [6.45, 7) is 0. The summed E-state index contributed by atoms with van der Waals surface area (Å²) in [5, 5.41) is 2.05. The summed E-state index contributed by atoms with van der Waals surface area (Å²) in [6, 6.07) is 6.75. The van der Waals surface area contributed by atoms with Crippen molar-refractivity contribution in [1.29, 1.82) is 0 Å². The van der Waals surface area contributed by atoms with Gasteiger partial charge in [-0.1, -0.05) is 24.3 Å². The third-order valence-electron chi connectivity index (χ3n) is 2.30. The molecule has 1 aromatic carbocycles. The summed E-state index contributed by atoms with van der Waals surface area (Å²) in [5.41, 5.74) is 1.40. The molecule has 1 saturated heterocycles. The van der Waals surface area contributed by atoms with Gasteiger partial charge in [0.05, 0.1) is 0 Å². The van der Waals surface area contributed by atoms with Gasteiger partial charge in [0.15, 0.2) is 6.10 Å². The number of hydrogen-bond acceptors (Lipinski definition) is 4. The number of imide groups is 1. The van der Waals surface area contributed by atoms with Crippen LogP contribution in [0.3, 0.4) is 0 Å². The smallest absolute Gasteiger partial charge is 0.414 e. The van der Waals surface area contributed by atoms with Gasteiger partial charge in [0.2, 0.25) is 0 Å². The molecule has 0 saturated carbocycles. The zero-order valence-corrected chi connectivity index (χ0v) is 8.30. The molecule has 0 aromatic heterocycles. The number of hydrogen-bond donors (Lipinski definition) is 1. The first-order chi connectivity index (χ1) is 7.69. The van der Waals surface area contributed by atoms with E-state index in [1.165, 1.54) is 0 Å². The lowest BCUT2D eigenvalue weighted by Crippen LogP contribution is -2.25. The van der Waals surface area contributed by atoms with E-state index in [1.807, 2.05) is 0 Å². The topological polar surface area (TPSA) is 72.5 Å². The first-order valence-corrected chi connectivity index (χ1v) is 4.74. The normalized spacial score (nSPS) is 19.1. The van der Waals surface area contributed by atoms with Crippen molar-refractivity contribution in [3.8, 4) is 0 Å². The van der Waals surface area contributed by atoms with E-state index in [0.29, 0.717) is 12.0 Å². The van der Waals surface area contributed by atoms with Crippen LogP contribution in [0.15, 0.2) is 24.3 Å². The maximum atomic E-state index is 11.2. The molecule has 1 aliphatic heterocycles. The van der Waals surface area contributed by atoms with Gasteiger partial charge in [0.1, 0.15) is 6.29 Å². The number of benzene rings is 1. The quantitative estimate of drug-likeness (QED) is 0.758. The molecule has 0 aliphatic carbocycles. The lowest BCUT2D eigenvalue weighted by molar-refractivity contribution is -0.123. The van der Waals surface area contributed by atoms with E-state index in [1.54, 1.807) is 24.3 Å². The van der Waals surface area contributed by atoms with Gasteiger partial charge < -0.3 is 4.74 Å². The predicted molar refractivity (Wildman–Crippen MR) is 53.9 cm³/mol.